The number of rotatable bonds is 7. The molecule has 3 aromatic rings. The second-order valence-electron chi connectivity index (χ2n) is 5.99. The Bertz CT molecular complexity index is 863. The van der Waals surface area contributed by atoms with Crippen molar-refractivity contribution in [2.24, 2.45) is 0 Å². The summed E-state index contributed by atoms with van der Waals surface area (Å²) in [6, 6.07) is 10.9. The van der Waals surface area contributed by atoms with Gasteiger partial charge < -0.3 is 10.1 Å². The van der Waals surface area contributed by atoms with Gasteiger partial charge in [-0.15, -0.1) is 5.10 Å². The Kier molecular flexibility index (Phi) is 5.52. The predicted octanol–water partition coefficient (Wildman–Crippen LogP) is 2.16. The standard InChI is InChI=1S/C18H20N6O2/c1-13(2)24-17(21-22-23-24)12-26-16-5-3-4-15(10-16)18(25)20-11-14-6-8-19-9-7-14/h3-10,13H,11-12H2,1-2H3,(H,20,25). The number of tetrazole rings is 1. The van der Waals surface area contributed by atoms with Gasteiger partial charge in [-0.25, -0.2) is 4.68 Å². The minimum atomic E-state index is -0.167. The van der Waals surface area contributed by atoms with Crippen molar-refractivity contribution in [2.75, 3.05) is 0 Å². The molecule has 1 N–H and O–H groups in total. The first-order valence-corrected chi connectivity index (χ1v) is 8.30. The number of hydrogen-bond donors (Lipinski definition) is 1. The molecular weight excluding hydrogens is 332 g/mol. The molecule has 0 aliphatic rings. The van der Waals surface area contributed by atoms with Gasteiger partial charge >= 0.3 is 0 Å². The minimum Gasteiger partial charge on any atom is -0.486 e. The molecule has 1 aromatic carbocycles. The maximum absolute atomic E-state index is 12.3. The monoisotopic (exact) mass is 352 g/mol. The van der Waals surface area contributed by atoms with Crippen LogP contribution in [0.4, 0.5) is 0 Å². The molecular formula is C18H20N6O2. The van der Waals surface area contributed by atoms with Crippen LogP contribution in [0.5, 0.6) is 5.75 Å². The summed E-state index contributed by atoms with van der Waals surface area (Å²) in [5, 5.41) is 14.4. The molecule has 8 heteroatoms. The van der Waals surface area contributed by atoms with E-state index in [1.165, 1.54) is 0 Å². The number of benzene rings is 1. The molecule has 134 valence electrons. The van der Waals surface area contributed by atoms with E-state index in [0.29, 0.717) is 23.7 Å². The summed E-state index contributed by atoms with van der Waals surface area (Å²) in [4.78, 5) is 16.3. The zero-order valence-corrected chi connectivity index (χ0v) is 14.7. The molecule has 0 saturated heterocycles. The van der Waals surface area contributed by atoms with Gasteiger partial charge in [-0.2, -0.15) is 0 Å². The Hall–Kier alpha value is -3.29. The van der Waals surface area contributed by atoms with E-state index < -0.39 is 0 Å². The largest absolute Gasteiger partial charge is 0.486 e. The third-order valence-electron chi connectivity index (χ3n) is 3.72. The Balaban J connectivity index is 1.60. The third-order valence-corrected chi connectivity index (χ3v) is 3.72. The number of aromatic nitrogens is 5. The van der Waals surface area contributed by atoms with E-state index >= 15 is 0 Å². The molecule has 0 bridgehead atoms. The van der Waals surface area contributed by atoms with Crippen LogP contribution in [0.3, 0.4) is 0 Å². The van der Waals surface area contributed by atoms with Crippen molar-refractivity contribution in [3.63, 3.8) is 0 Å². The highest BCUT2D eigenvalue weighted by Gasteiger charge is 2.11. The van der Waals surface area contributed by atoms with E-state index in [-0.39, 0.29) is 18.6 Å². The zero-order chi connectivity index (χ0) is 18.4. The van der Waals surface area contributed by atoms with E-state index in [1.807, 2.05) is 26.0 Å². The highest BCUT2D eigenvalue weighted by Crippen LogP contribution is 2.15. The molecule has 26 heavy (non-hydrogen) atoms. The summed E-state index contributed by atoms with van der Waals surface area (Å²) in [5.41, 5.74) is 1.52. The van der Waals surface area contributed by atoms with Crippen LogP contribution in [0, 0.1) is 0 Å². The molecule has 1 amide bonds. The smallest absolute Gasteiger partial charge is 0.251 e. The van der Waals surface area contributed by atoms with Crippen LogP contribution >= 0.6 is 0 Å². The van der Waals surface area contributed by atoms with Gasteiger partial charge in [0, 0.05) is 24.5 Å². The fourth-order valence-electron chi connectivity index (χ4n) is 2.37. The van der Waals surface area contributed by atoms with Crippen molar-refractivity contribution >= 4 is 5.91 Å². The first-order valence-electron chi connectivity index (χ1n) is 8.30. The van der Waals surface area contributed by atoms with Crippen LogP contribution in [0.15, 0.2) is 48.8 Å². The third kappa shape index (κ3) is 4.41. The van der Waals surface area contributed by atoms with E-state index in [2.05, 4.69) is 25.8 Å². The molecule has 0 atom stereocenters. The van der Waals surface area contributed by atoms with E-state index in [9.17, 15) is 4.79 Å². The number of ether oxygens (including phenoxy) is 1. The highest BCUT2D eigenvalue weighted by molar-refractivity contribution is 5.94. The normalized spacial score (nSPS) is 10.7. The molecule has 0 spiro atoms. The number of hydrogen-bond acceptors (Lipinski definition) is 6. The summed E-state index contributed by atoms with van der Waals surface area (Å²) >= 11 is 0. The number of nitrogens with one attached hydrogen (secondary N) is 1. The first-order chi connectivity index (χ1) is 12.6. The average molecular weight is 352 g/mol. The van der Waals surface area contributed by atoms with Crippen LogP contribution in [0.2, 0.25) is 0 Å². The van der Waals surface area contributed by atoms with E-state index in [0.717, 1.165) is 5.56 Å². The molecule has 8 nitrogen and oxygen atoms in total. The van der Waals surface area contributed by atoms with Gasteiger partial charge in [0.05, 0.1) is 6.04 Å². The maximum atomic E-state index is 12.3. The van der Waals surface area contributed by atoms with Gasteiger partial charge in [0.2, 0.25) is 0 Å². The van der Waals surface area contributed by atoms with Crippen LogP contribution in [-0.2, 0) is 13.2 Å². The molecule has 2 heterocycles. The lowest BCUT2D eigenvalue weighted by Gasteiger charge is -2.10. The van der Waals surface area contributed by atoms with Crippen molar-refractivity contribution in [3.8, 4) is 5.75 Å². The molecule has 3 rings (SSSR count). The number of carbonyl (C=O) groups is 1. The molecule has 0 saturated carbocycles. The van der Waals surface area contributed by atoms with Crippen molar-refractivity contribution < 1.29 is 9.53 Å². The van der Waals surface area contributed by atoms with Crippen LogP contribution < -0.4 is 10.1 Å². The van der Waals surface area contributed by atoms with Gasteiger partial charge in [-0.3, -0.25) is 9.78 Å². The number of nitrogens with zero attached hydrogens (tertiary/aromatic N) is 5. The van der Waals surface area contributed by atoms with Crippen LogP contribution in [-0.4, -0.2) is 31.1 Å². The summed E-state index contributed by atoms with van der Waals surface area (Å²) in [7, 11) is 0. The van der Waals surface area contributed by atoms with Gasteiger partial charge in [0.15, 0.2) is 5.82 Å². The lowest BCUT2D eigenvalue weighted by atomic mass is 10.2. The number of carbonyl (C=O) groups excluding carboxylic acids is 1. The quantitative estimate of drug-likeness (QED) is 0.700. The predicted molar refractivity (Wildman–Crippen MR) is 94.4 cm³/mol. The number of amides is 1. The molecule has 0 aliphatic carbocycles. The lowest BCUT2D eigenvalue weighted by molar-refractivity contribution is 0.0950. The first kappa shape index (κ1) is 17.5. The zero-order valence-electron chi connectivity index (χ0n) is 14.7. The van der Waals surface area contributed by atoms with Crippen molar-refractivity contribution in [2.45, 2.75) is 33.0 Å². The lowest BCUT2D eigenvalue weighted by Crippen LogP contribution is -2.22. The Morgan fingerprint density at radius 1 is 1.23 bits per heavy atom. The molecule has 0 fully saturated rings. The Morgan fingerprint density at radius 3 is 2.81 bits per heavy atom. The molecule has 0 radical (unpaired) electrons. The highest BCUT2D eigenvalue weighted by atomic mass is 16.5. The van der Waals surface area contributed by atoms with Gasteiger partial charge in [0.25, 0.3) is 5.91 Å². The molecule has 0 unspecified atom stereocenters. The fourth-order valence-corrected chi connectivity index (χ4v) is 2.37. The van der Waals surface area contributed by atoms with Crippen LogP contribution in [0.25, 0.3) is 0 Å². The van der Waals surface area contributed by atoms with Crippen LogP contribution in [0.1, 0.15) is 41.6 Å². The summed E-state index contributed by atoms with van der Waals surface area (Å²) in [6.45, 7) is 4.66. The van der Waals surface area contributed by atoms with E-state index in [1.54, 1.807) is 41.3 Å². The summed E-state index contributed by atoms with van der Waals surface area (Å²) in [5.74, 6) is 1.05. The van der Waals surface area contributed by atoms with Gasteiger partial charge in [-0.05, 0) is 60.2 Å². The molecule has 2 aromatic heterocycles. The SMILES string of the molecule is CC(C)n1nnnc1COc1cccc(C(=O)NCc2ccncc2)c1. The van der Waals surface area contributed by atoms with Gasteiger partial charge in [0.1, 0.15) is 12.4 Å². The second-order valence-corrected chi connectivity index (χ2v) is 5.99. The summed E-state index contributed by atoms with van der Waals surface area (Å²) < 4.78 is 7.44. The fraction of sp³-hybridized carbons (Fsp3) is 0.278. The summed E-state index contributed by atoms with van der Waals surface area (Å²) in [6.07, 6.45) is 3.39. The van der Waals surface area contributed by atoms with Crippen molar-refractivity contribution in [1.29, 1.82) is 0 Å². The average Bonchev–Trinajstić information content (AvgIpc) is 3.14. The Morgan fingerprint density at radius 2 is 2.04 bits per heavy atom. The topological polar surface area (TPSA) is 94.8 Å². The molecule has 0 aliphatic heterocycles. The minimum absolute atomic E-state index is 0.147. The van der Waals surface area contributed by atoms with Crippen molar-refractivity contribution in [3.05, 3.63) is 65.7 Å². The number of pyridine rings is 1. The second kappa shape index (κ2) is 8.19. The van der Waals surface area contributed by atoms with E-state index in [4.69, 9.17) is 4.74 Å². The van der Waals surface area contributed by atoms with Gasteiger partial charge in [-0.1, -0.05) is 6.07 Å². The Labute approximate surface area is 151 Å². The van der Waals surface area contributed by atoms with Crippen molar-refractivity contribution in [1.82, 2.24) is 30.5 Å². The maximum Gasteiger partial charge on any atom is 0.251 e.